The van der Waals surface area contributed by atoms with Gasteiger partial charge in [0.2, 0.25) is 5.91 Å². The summed E-state index contributed by atoms with van der Waals surface area (Å²) in [5.74, 6) is -1.40. The number of halogens is 1. The van der Waals surface area contributed by atoms with Crippen LogP contribution in [0.1, 0.15) is 31.1 Å². The Balaban J connectivity index is 2.96. The molecule has 0 bridgehead atoms. The van der Waals surface area contributed by atoms with E-state index in [1.165, 1.54) is 12.1 Å². The average molecular weight is 329 g/mol. The zero-order chi connectivity index (χ0) is 14.8. The molecule has 0 aliphatic rings. The zero-order valence-corrected chi connectivity index (χ0v) is 12.6. The molecule has 1 aromatic carbocycles. The van der Waals surface area contributed by atoms with E-state index in [1.807, 2.05) is 20.8 Å². The lowest BCUT2D eigenvalue weighted by molar-refractivity contribution is -0.119. The molecule has 104 valence electrons. The number of anilines is 1. The number of carbonyl (C=O) groups is 2. The van der Waals surface area contributed by atoms with Gasteiger partial charge in [-0.05, 0) is 39.5 Å². The molecule has 1 amide bonds. The fourth-order valence-corrected chi connectivity index (χ4v) is 1.70. The van der Waals surface area contributed by atoms with Crippen molar-refractivity contribution in [2.75, 3.05) is 5.32 Å². The van der Waals surface area contributed by atoms with Crippen LogP contribution in [0.3, 0.4) is 0 Å². The number of carbonyl (C=O) groups excluding carboxylic acids is 1. The molecule has 0 radical (unpaired) electrons. The number of benzene rings is 1. The molecule has 0 aromatic heterocycles. The van der Waals surface area contributed by atoms with Gasteiger partial charge < -0.3 is 16.2 Å². The molecule has 4 N–H and O–H groups in total. The summed E-state index contributed by atoms with van der Waals surface area (Å²) < 4.78 is 0.604. The number of nitrogens with one attached hydrogen (secondary N) is 1. The van der Waals surface area contributed by atoms with E-state index in [2.05, 4.69) is 21.2 Å². The summed E-state index contributed by atoms with van der Waals surface area (Å²) >= 11 is 3.26. The molecular weight excluding hydrogens is 312 g/mol. The van der Waals surface area contributed by atoms with Crippen LogP contribution in [0.4, 0.5) is 5.69 Å². The average Bonchev–Trinajstić information content (AvgIpc) is 2.29. The van der Waals surface area contributed by atoms with Crippen molar-refractivity contribution in [1.82, 2.24) is 0 Å². The van der Waals surface area contributed by atoms with Crippen LogP contribution in [0.15, 0.2) is 22.7 Å². The number of hydrogen-bond acceptors (Lipinski definition) is 3. The molecule has 6 heteroatoms. The van der Waals surface area contributed by atoms with Crippen molar-refractivity contribution in [1.29, 1.82) is 0 Å². The topological polar surface area (TPSA) is 92.4 Å². The minimum atomic E-state index is -1.05. The van der Waals surface area contributed by atoms with Gasteiger partial charge in [0, 0.05) is 4.47 Å². The number of aromatic carboxylic acids is 1. The molecule has 0 saturated heterocycles. The number of nitrogens with two attached hydrogens (primary N) is 1. The SMILES string of the molecule is CC(C)(C)[C@@H](N)C(=O)Nc1cc(C(=O)O)ccc1Br. The Hall–Kier alpha value is -1.40. The molecule has 1 aromatic rings. The molecule has 1 rings (SSSR count). The Kier molecular flexibility index (Phi) is 4.70. The third kappa shape index (κ3) is 4.04. The normalized spacial score (nSPS) is 12.9. The smallest absolute Gasteiger partial charge is 0.335 e. The molecule has 0 aliphatic carbocycles. The summed E-state index contributed by atoms with van der Waals surface area (Å²) in [5, 5.41) is 11.6. The molecule has 0 spiro atoms. The van der Waals surface area contributed by atoms with Gasteiger partial charge in [-0.2, -0.15) is 0 Å². The van der Waals surface area contributed by atoms with E-state index in [0.717, 1.165) is 0 Å². The molecule has 19 heavy (non-hydrogen) atoms. The number of amides is 1. The third-order valence-electron chi connectivity index (χ3n) is 2.69. The molecule has 0 aliphatic heterocycles. The quantitative estimate of drug-likeness (QED) is 0.794. The minimum Gasteiger partial charge on any atom is -0.478 e. The van der Waals surface area contributed by atoms with E-state index in [0.29, 0.717) is 10.2 Å². The van der Waals surface area contributed by atoms with Gasteiger partial charge in [0.1, 0.15) is 0 Å². The van der Waals surface area contributed by atoms with Crippen molar-refractivity contribution in [3.63, 3.8) is 0 Å². The van der Waals surface area contributed by atoms with E-state index in [9.17, 15) is 9.59 Å². The number of rotatable bonds is 3. The van der Waals surface area contributed by atoms with Gasteiger partial charge in [-0.1, -0.05) is 20.8 Å². The van der Waals surface area contributed by atoms with Crippen LogP contribution in [0.5, 0.6) is 0 Å². The van der Waals surface area contributed by atoms with Gasteiger partial charge in [-0.3, -0.25) is 4.79 Å². The van der Waals surface area contributed by atoms with Crippen LogP contribution in [0.2, 0.25) is 0 Å². The lowest BCUT2D eigenvalue weighted by Gasteiger charge is -2.26. The number of carboxylic acids is 1. The summed E-state index contributed by atoms with van der Waals surface area (Å²) in [4.78, 5) is 22.9. The first-order valence-electron chi connectivity index (χ1n) is 5.72. The largest absolute Gasteiger partial charge is 0.478 e. The Bertz CT molecular complexity index is 509. The molecule has 1 atom stereocenters. The van der Waals surface area contributed by atoms with Crippen molar-refractivity contribution in [2.24, 2.45) is 11.1 Å². The number of hydrogen-bond donors (Lipinski definition) is 3. The molecule has 5 nitrogen and oxygen atoms in total. The highest BCUT2D eigenvalue weighted by atomic mass is 79.9. The van der Waals surface area contributed by atoms with Gasteiger partial charge in [-0.15, -0.1) is 0 Å². The van der Waals surface area contributed by atoms with Crippen LogP contribution in [-0.2, 0) is 4.79 Å². The summed E-state index contributed by atoms with van der Waals surface area (Å²) in [6.07, 6.45) is 0. The fraction of sp³-hybridized carbons (Fsp3) is 0.385. The molecule has 0 heterocycles. The van der Waals surface area contributed by atoms with Crippen LogP contribution in [0.25, 0.3) is 0 Å². The van der Waals surface area contributed by atoms with Crippen molar-refractivity contribution in [3.8, 4) is 0 Å². The van der Waals surface area contributed by atoms with Gasteiger partial charge in [0.15, 0.2) is 0 Å². The summed E-state index contributed by atoms with van der Waals surface area (Å²) in [6, 6.07) is 3.72. The molecular formula is C13H17BrN2O3. The van der Waals surface area contributed by atoms with Gasteiger partial charge in [0.05, 0.1) is 17.3 Å². The highest BCUT2D eigenvalue weighted by Crippen LogP contribution is 2.25. The monoisotopic (exact) mass is 328 g/mol. The van der Waals surface area contributed by atoms with Crippen molar-refractivity contribution in [2.45, 2.75) is 26.8 Å². The number of carboxylic acid groups (broad SMARTS) is 1. The van der Waals surface area contributed by atoms with E-state index < -0.39 is 12.0 Å². The Morgan fingerprint density at radius 2 is 1.95 bits per heavy atom. The predicted octanol–water partition coefficient (Wildman–Crippen LogP) is 2.46. The fourth-order valence-electron chi connectivity index (χ4n) is 1.36. The van der Waals surface area contributed by atoms with Crippen LogP contribution in [-0.4, -0.2) is 23.0 Å². The molecule has 0 unspecified atom stereocenters. The first-order valence-corrected chi connectivity index (χ1v) is 6.51. The Labute approximate surface area is 120 Å². The van der Waals surface area contributed by atoms with Crippen molar-refractivity contribution in [3.05, 3.63) is 28.2 Å². The Morgan fingerprint density at radius 1 is 1.37 bits per heavy atom. The maximum atomic E-state index is 12.0. The lowest BCUT2D eigenvalue weighted by Crippen LogP contribution is -2.45. The second kappa shape index (κ2) is 5.71. The van der Waals surface area contributed by atoms with Gasteiger partial charge >= 0.3 is 5.97 Å². The summed E-state index contributed by atoms with van der Waals surface area (Å²) in [6.45, 7) is 5.58. The highest BCUT2D eigenvalue weighted by Gasteiger charge is 2.27. The van der Waals surface area contributed by atoms with E-state index >= 15 is 0 Å². The van der Waals surface area contributed by atoms with Crippen LogP contribution >= 0.6 is 15.9 Å². The van der Waals surface area contributed by atoms with E-state index in [1.54, 1.807) is 6.07 Å². The van der Waals surface area contributed by atoms with Crippen LogP contribution in [0, 0.1) is 5.41 Å². The minimum absolute atomic E-state index is 0.0998. The second-order valence-corrected chi connectivity index (χ2v) is 6.19. The highest BCUT2D eigenvalue weighted by molar-refractivity contribution is 9.10. The predicted molar refractivity (Wildman–Crippen MR) is 77.2 cm³/mol. The first-order chi connectivity index (χ1) is 8.62. The van der Waals surface area contributed by atoms with E-state index in [4.69, 9.17) is 10.8 Å². The van der Waals surface area contributed by atoms with Gasteiger partial charge in [-0.25, -0.2) is 4.79 Å². The molecule has 0 fully saturated rings. The Morgan fingerprint density at radius 3 is 2.42 bits per heavy atom. The zero-order valence-electron chi connectivity index (χ0n) is 11.0. The maximum Gasteiger partial charge on any atom is 0.335 e. The standard InChI is InChI=1S/C13H17BrN2O3/c1-13(2,3)10(15)11(17)16-9-6-7(12(18)19)4-5-8(9)14/h4-6,10H,15H2,1-3H3,(H,16,17)(H,18,19)/t10-/m0/s1. The molecule has 0 saturated carbocycles. The lowest BCUT2D eigenvalue weighted by atomic mass is 9.87. The van der Waals surface area contributed by atoms with Crippen molar-refractivity contribution >= 4 is 33.5 Å². The first kappa shape index (κ1) is 15.7. The van der Waals surface area contributed by atoms with Crippen LogP contribution < -0.4 is 11.1 Å². The second-order valence-electron chi connectivity index (χ2n) is 5.33. The summed E-state index contributed by atoms with van der Waals surface area (Å²) in [5.41, 5.74) is 5.97. The third-order valence-corrected chi connectivity index (χ3v) is 3.38. The van der Waals surface area contributed by atoms with Gasteiger partial charge in [0.25, 0.3) is 0 Å². The maximum absolute atomic E-state index is 12.0. The summed E-state index contributed by atoms with van der Waals surface area (Å²) in [7, 11) is 0. The van der Waals surface area contributed by atoms with Crippen molar-refractivity contribution < 1.29 is 14.7 Å². The van der Waals surface area contributed by atoms with E-state index in [-0.39, 0.29) is 16.9 Å².